The first-order valence-electron chi connectivity index (χ1n) is 10.6. The Bertz CT molecular complexity index is 1430. The molecular weight excluding hydrogens is 468 g/mol. The third-order valence-corrected chi connectivity index (χ3v) is 7.13. The Kier molecular flexibility index (Phi) is 7.19. The van der Waals surface area contributed by atoms with Crippen molar-refractivity contribution in [3.05, 3.63) is 103 Å². The van der Waals surface area contributed by atoms with Gasteiger partial charge in [0.2, 0.25) is 0 Å². The van der Waals surface area contributed by atoms with E-state index in [2.05, 4.69) is 11.6 Å². The molecule has 8 heteroatoms. The Hall–Kier alpha value is -3.36. The van der Waals surface area contributed by atoms with Gasteiger partial charge < -0.3 is 9.47 Å². The molecule has 34 heavy (non-hydrogen) atoms. The van der Waals surface area contributed by atoms with Crippen LogP contribution in [-0.2, 0) is 9.53 Å². The van der Waals surface area contributed by atoms with Gasteiger partial charge in [0.05, 0.1) is 29.0 Å². The van der Waals surface area contributed by atoms with Crippen molar-refractivity contribution in [2.45, 2.75) is 17.9 Å². The minimum atomic E-state index is -0.614. The number of ether oxygens (including phenoxy) is 2. The van der Waals surface area contributed by atoms with E-state index in [0.29, 0.717) is 27.2 Å². The van der Waals surface area contributed by atoms with E-state index in [1.807, 2.05) is 60.9 Å². The van der Waals surface area contributed by atoms with Gasteiger partial charge in [0, 0.05) is 4.90 Å². The molecule has 2 heterocycles. The predicted molar refractivity (Wildman–Crippen MR) is 136 cm³/mol. The number of rotatable bonds is 7. The highest BCUT2D eigenvalue weighted by Crippen LogP contribution is 2.31. The lowest BCUT2D eigenvalue weighted by atomic mass is 9.96. The zero-order valence-electron chi connectivity index (χ0n) is 19.1. The molecule has 4 rings (SSSR count). The monoisotopic (exact) mass is 492 g/mol. The summed E-state index contributed by atoms with van der Waals surface area (Å²) in [5.74, 6) is 0.232. The summed E-state index contributed by atoms with van der Waals surface area (Å²) in [6.45, 7) is 5.85. The maximum Gasteiger partial charge on any atom is 0.338 e. The lowest BCUT2D eigenvalue weighted by Gasteiger charge is -2.24. The van der Waals surface area contributed by atoms with E-state index in [4.69, 9.17) is 9.47 Å². The van der Waals surface area contributed by atoms with Crippen LogP contribution in [0.2, 0.25) is 0 Å². The minimum absolute atomic E-state index is 0.205. The maximum absolute atomic E-state index is 13.6. The Labute approximate surface area is 205 Å². The van der Waals surface area contributed by atoms with Crippen LogP contribution in [0.25, 0.3) is 6.08 Å². The van der Waals surface area contributed by atoms with Crippen molar-refractivity contribution in [3.8, 4) is 5.75 Å². The van der Waals surface area contributed by atoms with Crippen LogP contribution < -0.4 is 19.6 Å². The molecule has 0 radical (unpaired) electrons. The number of thiazole rings is 1. The number of hydrogen-bond donors (Lipinski definition) is 0. The van der Waals surface area contributed by atoms with Crippen LogP contribution in [0.3, 0.4) is 0 Å². The Morgan fingerprint density at radius 3 is 2.53 bits per heavy atom. The summed E-state index contributed by atoms with van der Waals surface area (Å²) in [5.41, 5.74) is 2.39. The van der Waals surface area contributed by atoms with Crippen molar-refractivity contribution < 1.29 is 14.3 Å². The maximum atomic E-state index is 13.6. The second kappa shape index (κ2) is 10.3. The van der Waals surface area contributed by atoms with Crippen LogP contribution in [-0.4, -0.2) is 30.5 Å². The summed E-state index contributed by atoms with van der Waals surface area (Å²) in [4.78, 5) is 32.5. The summed E-state index contributed by atoms with van der Waals surface area (Å²) >= 11 is 2.93. The van der Waals surface area contributed by atoms with Crippen LogP contribution in [0.15, 0.2) is 87.1 Å². The summed E-state index contributed by atoms with van der Waals surface area (Å²) in [7, 11) is 1.34. The van der Waals surface area contributed by atoms with Crippen molar-refractivity contribution >= 4 is 35.1 Å². The summed E-state index contributed by atoms with van der Waals surface area (Å²) in [5, 5.41) is 0. The van der Waals surface area contributed by atoms with Crippen LogP contribution >= 0.6 is 23.1 Å². The number of fused-ring (bicyclic) bond motifs is 1. The molecule has 0 fully saturated rings. The van der Waals surface area contributed by atoms with Gasteiger partial charge in [-0.3, -0.25) is 9.36 Å². The van der Waals surface area contributed by atoms with Gasteiger partial charge in [-0.2, -0.15) is 0 Å². The molecule has 6 nitrogen and oxygen atoms in total. The van der Waals surface area contributed by atoms with Gasteiger partial charge in [-0.05, 0) is 54.6 Å². The topological polar surface area (TPSA) is 69.9 Å². The Balaban J connectivity index is 1.84. The van der Waals surface area contributed by atoms with Gasteiger partial charge in [0.25, 0.3) is 5.56 Å². The second-order valence-corrected chi connectivity index (χ2v) is 9.40. The molecule has 1 aliphatic rings. The fourth-order valence-corrected chi connectivity index (χ4v) is 5.22. The molecule has 0 amide bonds. The normalized spacial score (nSPS) is 15.5. The van der Waals surface area contributed by atoms with E-state index in [0.717, 1.165) is 21.8 Å². The lowest BCUT2D eigenvalue weighted by Crippen LogP contribution is -2.39. The first kappa shape index (κ1) is 23.8. The summed E-state index contributed by atoms with van der Waals surface area (Å²) in [6, 6.07) is 14.7. The standard InChI is InChI=1S/C26H24N2O4S2/c1-5-14-32-19-10-6-17(7-11-19)15-21-24(29)28-23(18-8-12-20(33-4)13-9-18)22(25(30)31-3)16(2)27-26(28)34-21/h5-13,15,23H,1,14H2,2-4H3. The number of methoxy groups -OCH3 is 1. The van der Waals surface area contributed by atoms with E-state index >= 15 is 0 Å². The molecule has 3 aromatic rings. The average Bonchev–Trinajstić information content (AvgIpc) is 3.16. The highest BCUT2D eigenvalue weighted by molar-refractivity contribution is 7.98. The molecule has 0 saturated heterocycles. The zero-order valence-corrected chi connectivity index (χ0v) is 20.7. The van der Waals surface area contributed by atoms with Crippen molar-refractivity contribution in [2.75, 3.05) is 20.0 Å². The van der Waals surface area contributed by atoms with Crippen LogP contribution in [0.5, 0.6) is 5.75 Å². The first-order valence-corrected chi connectivity index (χ1v) is 12.6. The summed E-state index contributed by atoms with van der Waals surface area (Å²) < 4.78 is 12.7. The van der Waals surface area contributed by atoms with Gasteiger partial charge in [-0.25, -0.2) is 9.79 Å². The van der Waals surface area contributed by atoms with Crippen LogP contribution in [0, 0.1) is 0 Å². The molecule has 1 aliphatic heterocycles. The quantitative estimate of drug-likeness (QED) is 0.286. The molecule has 1 unspecified atom stereocenters. The highest BCUT2D eigenvalue weighted by Gasteiger charge is 2.33. The molecular formula is C26H24N2O4S2. The van der Waals surface area contributed by atoms with Crippen molar-refractivity contribution in [1.29, 1.82) is 0 Å². The Morgan fingerprint density at radius 2 is 1.91 bits per heavy atom. The van der Waals surface area contributed by atoms with E-state index in [1.165, 1.54) is 18.4 Å². The van der Waals surface area contributed by atoms with Crippen LogP contribution in [0.1, 0.15) is 24.1 Å². The van der Waals surface area contributed by atoms with E-state index in [1.54, 1.807) is 29.3 Å². The third kappa shape index (κ3) is 4.64. The van der Waals surface area contributed by atoms with E-state index < -0.39 is 12.0 Å². The zero-order chi connectivity index (χ0) is 24.2. The lowest BCUT2D eigenvalue weighted by molar-refractivity contribution is -0.136. The number of nitrogens with zero attached hydrogens (tertiary/aromatic N) is 2. The molecule has 174 valence electrons. The number of carbonyl (C=O) groups is 1. The van der Waals surface area contributed by atoms with Gasteiger partial charge in [0.1, 0.15) is 12.4 Å². The molecule has 1 aromatic heterocycles. The predicted octanol–water partition coefficient (Wildman–Crippen LogP) is 3.69. The largest absolute Gasteiger partial charge is 0.490 e. The molecule has 0 spiro atoms. The fraction of sp³-hybridized carbons (Fsp3) is 0.192. The van der Waals surface area contributed by atoms with Crippen molar-refractivity contribution in [3.63, 3.8) is 0 Å². The number of aromatic nitrogens is 1. The highest BCUT2D eigenvalue weighted by atomic mass is 32.2. The van der Waals surface area contributed by atoms with E-state index in [-0.39, 0.29) is 5.56 Å². The third-order valence-electron chi connectivity index (χ3n) is 5.40. The molecule has 0 aliphatic carbocycles. The SMILES string of the molecule is C=CCOc1ccc(C=c2sc3n(c2=O)C(c2ccc(SC)cc2)C(C(=O)OC)=C(C)N=3)cc1. The molecule has 1 atom stereocenters. The number of carbonyl (C=O) groups excluding carboxylic acids is 1. The van der Waals surface area contributed by atoms with Crippen molar-refractivity contribution in [2.24, 2.45) is 4.99 Å². The number of allylic oxidation sites excluding steroid dienone is 1. The molecule has 0 N–H and O–H groups in total. The van der Waals surface area contributed by atoms with Gasteiger partial charge in [0.15, 0.2) is 4.80 Å². The van der Waals surface area contributed by atoms with Crippen LogP contribution in [0.4, 0.5) is 0 Å². The number of thioether (sulfide) groups is 1. The average molecular weight is 493 g/mol. The smallest absolute Gasteiger partial charge is 0.338 e. The number of benzene rings is 2. The van der Waals surface area contributed by atoms with Crippen molar-refractivity contribution in [1.82, 2.24) is 4.57 Å². The first-order chi connectivity index (χ1) is 16.5. The van der Waals surface area contributed by atoms with Gasteiger partial charge in [-0.15, -0.1) is 11.8 Å². The summed E-state index contributed by atoms with van der Waals surface area (Å²) in [6.07, 6.45) is 5.51. The number of esters is 1. The minimum Gasteiger partial charge on any atom is -0.490 e. The fourth-order valence-electron chi connectivity index (χ4n) is 3.76. The molecule has 2 aromatic carbocycles. The Morgan fingerprint density at radius 1 is 1.21 bits per heavy atom. The molecule has 0 saturated carbocycles. The van der Waals surface area contributed by atoms with Gasteiger partial charge >= 0.3 is 5.97 Å². The van der Waals surface area contributed by atoms with E-state index in [9.17, 15) is 9.59 Å². The van der Waals surface area contributed by atoms with Gasteiger partial charge in [-0.1, -0.05) is 48.3 Å². The molecule has 0 bridgehead atoms. The second-order valence-electron chi connectivity index (χ2n) is 7.52. The number of hydrogen-bond acceptors (Lipinski definition) is 7.